The minimum Gasteiger partial charge on any atom is -0.476 e. The highest BCUT2D eigenvalue weighted by molar-refractivity contribution is 5.87. The standard InChI is InChI=1S/C10H14N2O3/c1-6(2)12-8-5-15-4-3-7(8)9(11-12)10(13)14/h6H,3-5H2,1-2H3,(H,13,14). The summed E-state index contributed by atoms with van der Waals surface area (Å²) in [6.45, 7) is 5.01. The number of carbonyl (C=O) groups is 1. The first-order valence-corrected chi connectivity index (χ1v) is 5.02. The van der Waals surface area contributed by atoms with Gasteiger partial charge in [0.25, 0.3) is 0 Å². The van der Waals surface area contributed by atoms with Crippen LogP contribution in [0.1, 0.15) is 41.6 Å². The zero-order valence-electron chi connectivity index (χ0n) is 8.86. The molecule has 1 aromatic heterocycles. The van der Waals surface area contributed by atoms with Crippen LogP contribution in [0, 0.1) is 0 Å². The molecular formula is C10H14N2O3. The van der Waals surface area contributed by atoms with E-state index in [4.69, 9.17) is 9.84 Å². The number of rotatable bonds is 2. The lowest BCUT2D eigenvalue weighted by Gasteiger charge is -2.16. The molecule has 15 heavy (non-hydrogen) atoms. The van der Waals surface area contributed by atoms with Gasteiger partial charge >= 0.3 is 5.97 Å². The minimum absolute atomic E-state index is 0.161. The van der Waals surface area contributed by atoms with Crippen LogP contribution in [-0.4, -0.2) is 27.5 Å². The van der Waals surface area contributed by atoms with E-state index in [1.807, 2.05) is 13.8 Å². The molecule has 1 aliphatic heterocycles. The van der Waals surface area contributed by atoms with Crippen molar-refractivity contribution in [2.24, 2.45) is 0 Å². The minimum atomic E-state index is -0.951. The molecule has 0 aromatic carbocycles. The largest absolute Gasteiger partial charge is 0.476 e. The molecule has 1 aromatic rings. The van der Waals surface area contributed by atoms with Crippen molar-refractivity contribution in [3.8, 4) is 0 Å². The smallest absolute Gasteiger partial charge is 0.356 e. The van der Waals surface area contributed by atoms with E-state index in [0.717, 1.165) is 11.3 Å². The Balaban J connectivity index is 2.54. The van der Waals surface area contributed by atoms with Gasteiger partial charge in [-0.2, -0.15) is 5.10 Å². The fourth-order valence-electron chi connectivity index (χ4n) is 1.86. The number of ether oxygens (including phenoxy) is 1. The number of fused-ring (bicyclic) bond motifs is 1. The van der Waals surface area contributed by atoms with Crippen molar-refractivity contribution < 1.29 is 14.6 Å². The number of carboxylic acid groups (broad SMARTS) is 1. The summed E-state index contributed by atoms with van der Waals surface area (Å²) < 4.78 is 7.07. The van der Waals surface area contributed by atoms with Crippen LogP contribution >= 0.6 is 0 Å². The van der Waals surface area contributed by atoms with Gasteiger partial charge in [0, 0.05) is 18.0 Å². The van der Waals surface area contributed by atoms with Crippen molar-refractivity contribution in [2.45, 2.75) is 32.9 Å². The van der Waals surface area contributed by atoms with Gasteiger partial charge in [0.05, 0.1) is 18.9 Å². The third-order valence-corrected chi connectivity index (χ3v) is 2.55. The topological polar surface area (TPSA) is 64.4 Å². The van der Waals surface area contributed by atoms with Crippen LogP contribution in [0.4, 0.5) is 0 Å². The number of aromatic carboxylic acids is 1. The number of carboxylic acids is 1. The maximum Gasteiger partial charge on any atom is 0.356 e. The number of hydrogen-bond acceptors (Lipinski definition) is 3. The summed E-state index contributed by atoms with van der Waals surface area (Å²) in [5, 5.41) is 13.1. The molecule has 0 radical (unpaired) electrons. The van der Waals surface area contributed by atoms with E-state index in [9.17, 15) is 4.79 Å². The molecule has 0 amide bonds. The summed E-state index contributed by atoms with van der Waals surface area (Å²) >= 11 is 0. The predicted octanol–water partition coefficient (Wildman–Crippen LogP) is 1.23. The van der Waals surface area contributed by atoms with Crippen LogP contribution in [0.15, 0.2) is 0 Å². The Morgan fingerprint density at radius 3 is 2.93 bits per heavy atom. The van der Waals surface area contributed by atoms with Crippen molar-refractivity contribution in [2.75, 3.05) is 6.61 Å². The van der Waals surface area contributed by atoms with E-state index in [2.05, 4.69) is 5.10 Å². The van der Waals surface area contributed by atoms with Crippen LogP contribution in [0.2, 0.25) is 0 Å². The molecule has 5 heteroatoms. The van der Waals surface area contributed by atoms with E-state index in [1.165, 1.54) is 0 Å². The van der Waals surface area contributed by atoms with E-state index >= 15 is 0 Å². The Labute approximate surface area is 87.7 Å². The maximum absolute atomic E-state index is 11.0. The predicted molar refractivity (Wildman–Crippen MR) is 52.9 cm³/mol. The highest BCUT2D eigenvalue weighted by Gasteiger charge is 2.25. The maximum atomic E-state index is 11.0. The van der Waals surface area contributed by atoms with Crippen molar-refractivity contribution >= 4 is 5.97 Å². The summed E-state index contributed by atoms with van der Waals surface area (Å²) in [5.41, 5.74) is 1.93. The molecule has 0 aliphatic carbocycles. The highest BCUT2D eigenvalue weighted by Crippen LogP contribution is 2.23. The monoisotopic (exact) mass is 210 g/mol. The average Bonchev–Trinajstić information content (AvgIpc) is 2.56. The lowest BCUT2D eigenvalue weighted by molar-refractivity contribution is 0.0686. The second-order valence-electron chi connectivity index (χ2n) is 3.92. The molecule has 82 valence electrons. The molecule has 0 bridgehead atoms. The van der Waals surface area contributed by atoms with Gasteiger partial charge in [0.2, 0.25) is 0 Å². The van der Waals surface area contributed by atoms with Crippen LogP contribution < -0.4 is 0 Å². The normalized spacial score (nSPS) is 15.4. The summed E-state index contributed by atoms with van der Waals surface area (Å²) in [6.07, 6.45) is 0.643. The Morgan fingerprint density at radius 1 is 1.60 bits per heavy atom. The van der Waals surface area contributed by atoms with E-state index in [-0.39, 0.29) is 11.7 Å². The van der Waals surface area contributed by atoms with Crippen molar-refractivity contribution in [3.63, 3.8) is 0 Å². The number of aromatic nitrogens is 2. The first-order chi connectivity index (χ1) is 7.11. The van der Waals surface area contributed by atoms with Crippen LogP contribution in [0.3, 0.4) is 0 Å². The molecule has 0 fully saturated rings. The lowest BCUT2D eigenvalue weighted by atomic mass is 10.1. The number of nitrogens with zero attached hydrogens (tertiary/aromatic N) is 2. The SMILES string of the molecule is CC(C)n1nc(C(=O)O)c2c1COCC2. The van der Waals surface area contributed by atoms with Crippen LogP contribution in [0.5, 0.6) is 0 Å². The fourth-order valence-corrected chi connectivity index (χ4v) is 1.86. The summed E-state index contributed by atoms with van der Waals surface area (Å²) in [5.74, 6) is -0.951. The Bertz CT molecular complexity index is 396. The molecule has 2 heterocycles. The average molecular weight is 210 g/mol. The Morgan fingerprint density at radius 2 is 2.33 bits per heavy atom. The third kappa shape index (κ3) is 1.63. The molecule has 2 rings (SSSR count). The van der Waals surface area contributed by atoms with Gasteiger partial charge in [-0.25, -0.2) is 4.79 Å². The molecular weight excluding hydrogens is 196 g/mol. The highest BCUT2D eigenvalue weighted by atomic mass is 16.5. The van der Waals surface area contributed by atoms with Crippen molar-refractivity contribution in [1.29, 1.82) is 0 Å². The molecule has 0 spiro atoms. The fraction of sp³-hybridized carbons (Fsp3) is 0.600. The lowest BCUT2D eigenvalue weighted by Crippen LogP contribution is -2.15. The van der Waals surface area contributed by atoms with Crippen molar-refractivity contribution in [1.82, 2.24) is 9.78 Å². The molecule has 0 saturated heterocycles. The van der Waals surface area contributed by atoms with Crippen LogP contribution in [-0.2, 0) is 17.8 Å². The molecule has 1 N–H and O–H groups in total. The molecule has 0 saturated carbocycles. The van der Waals surface area contributed by atoms with E-state index in [1.54, 1.807) is 4.68 Å². The van der Waals surface area contributed by atoms with Gasteiger partial charge in [-0.05, 0) is 13.8 Å². The third-order valence-electron chi connectivity index (χ3n) is 2.55. The van der Waals surface area contributed by atoms with Gasteiger partial charge in [0.1, 0.15) is 0 Å². The zero-order chi connectivity index (χ0) is 11.0. The molecule has 5 nitrogen and oxygen atoms in total. The molecule has 0 atom stereocenters. The quantitative estimate of drug-likeness (QED) is 0.797. The first-order valence-electron chi connectivity index (χ1n) is 5.02. The number of hydrogen-bond donors (Lipinski definition) is 1. The molecule has 0 unspecified atom stereocenters. The first kappa shape index (κ1) is 10.2. The second kappa shape index (κ2) is 3.66. The van der Waals surface area contributed by atoms with E-state index in [0.29, 0.717) is 19.6 Å². The van der Waals surface area contributed by atoms with E-state index < -0.39 is 5.97 Å². The zero-order valence-corrected chi connectivity index (χ0v) is 8.86. The van der Waals surface area contributed by atoms with Gasteiger partial charge < -0.3 is 9.84 Å². The van der Waals surface area contributed by atoms with Crippen molar-refractivity contribution in [3.05, 3.63) is 17.0 Å². The van der Waals surface area contributed by atoms with Gasteiger partial charge in [-0.1, -0.05) is 0 Å². The summed E-state index contributed by atoms with van der Waals surface area (Å²) in [4.78, 5) is 11.0. The van der Waals surface area contributed by atoms with Gasteiger partial charge in [-0.15, -0.1) is 0 Å². The Kier molecular flexibility index (Phi) is 2.48. The summed E-state index contributed by atoms with van der Waals surface area (Å²) in [6, 6.07) is 0.161. The summed E-state index contributed by atoms with van der Waals surface area (Å²) in [7, 11) is 0. The van der Waals surface area contributed by atoms with Gasteiger partial charge in [-0.3, -0.25) is 4.68 Å². The molecule has 1 aliphatic rings. The second-order valence-corrected chi connectivity index (χ2v) is 3.92. The van der Waals surface area contributed by atoms with Crippen LogP contribution in [0.25, 0.3) is 0 Å². The van der Waals surface area contributed by atoms with Gasteiger partial charge in [0.15, 0.2) is 5.69 Å². The Hall–Kier alpha value is -1.36.